The van der Waals surface area contributed by atoms with Crippen molar-refractivity contribution in [3.8, 4) is 0 Å². The van der Waals surface area contributed by atoms with Crippen LogP contribution >= 0.6 is 11.8 Å². The van der Waals surface area contributed by atoms with Gasteiger partial charge in [-0.1, -0.05) is 0 Å². The summed E-state index contributed by atoms with van der Waals surface area (Å²) >= 11 is 1.21. The van der Waals surface area contributed by atoms with Crippen molar-refractivity contribution in [3.63, 3.8) is 0 Å². The second-order valence-corrected chi connectivity index (χ2v) is 4.93. The van der Waals surface area contributed by atoms with E-state index in [-0.39, 0.29) is 0 Å². The number of aliphatic hydroxyl groups is 4. The molecule has 7 atom stereocenters. The van der Waals surface area contributed by atoms with Crippen molar-refractivity contribution in [3.05, 3.63) is 0 Å². The molecule has 0 aromatic heterocycles. The molecule has 6 N–H and O–H groups in total. The molecule has 1 aliphatic rings. The molecule has 1 fully saturated rings. The molecule has 6 nitrogen and oxygen atoms in total. The molecule has 1 saturated heterocycles. The summed E-state index contributed by atoms with van der Waals surface area (Å²) in [5.41, 5.74) is 5.01. The zero-order valence-corrected chi connectivity index (χ0v) is 10.0. The van der Waals surface area contributed by atoms with Crippen LogP contribution in [0.5, 0.6) is 0 Å². The summed E-state index contributed by atoms with van der Waals surface area (Å²) < 4.78 is 5.37. The van der Waals surface area contributed by atoms with E-state index in [0.29, 0.717) is 0 Å². The van der Waals surface area contributed by atoms with Crippen molar-refractivity contribution in [1.29, 1.82) is 0 Å². The van der Waals surface area contributed by atoms with E-state index in [0.717, 1.165) is 0 Å². The molecule has 1 heterocycles. The monoisotopic (exact) mass is 253 g/mol. The average Bonchev–Trinajstić information content (AvgIpc) is 2.25. The van der Waals surface area contributed by atoms with Gasteiger partial charge in [-0.15, -0.1) is 11.8 Å². The Labute approximate surface area is 98.4 Å². The summed E-state index contributed by atoms with van der Waals surface area (Å²) in [7, 11) is 0. The van der Waals surface area contributed by atoms with E-state index in [2.05, 4.69) is 0 Å². The minimum atomic E-state index is -1.32. The Morgan fingerprint density at radius 2 is 1.75 bits per heavy atom. The highest BCUT2D eigenvalue weighted by Crippen LogP contribution is 2.28. The Morgan fingerprint density at radius 1 is 1.19 bits per heavy atom. The Hall–Kier alpha value is 0.110. The van der Waals surface area contributed by atoms with Gasteiger partial charge in [-0.2, -0.15) is 0 Å². The summed E-state index contributed by atoms with van der Waals surface area (Å²) in [6, 6.07) is -0.813. The Balaban J connectivity index is 2.78. The van der Waals surface area contributed by atoms with Gasteiger partial charge in [0, 0.05) is 0 Å². The number of aliphatic hydroxyl groups excluding tert-OH is 4. The number of nitrogens with two attached hydrogens (primary N) is 1. The van der Waals surface area contributed by atoms with Crippen LogP contribution in [0.3, 0.4) is 0 Å². The molecule has 0 spiro atoms. The van der Waals surface area contributed by atoms with Crippen LogP contribution in [-0.2, 0) is 4.74 Å². The second kappa shape index (κ2) is 5.63. The van der Waals surface area contributed by atoms with Gasteiger partial charge in [-0.3, -0.25) is 0 Å². The fourth-order valence-corrected chi connectivity index (χ4v) is 2.34. The van der Waals surface area contributed by atoms with Crippen LogP contribution in [0.25, 0.3) is 0 Å². The predicted octanol–water partition coefficient (Wildman–Crippen LogP) is -2.13. The molecule has 0 aliphatic carbocycles. The smallest absolute Gasteiger partial charge is 0.132 e. The van der Waals surface area contributed by atoms with Gasteiger partial charge in [0.05, 0.1) is 12.1 Å². The van der Waals surface area contributed by atoms with Crippen molar-refractivity contribution < 1.29 is 25.2 Å². The quantitative estimate of drug-likeness (QED) is 0.390. The molecule has 16 heavy (non-hydrogen) atoms. The Bertz CT molecular complexity index is 228. The zero-order chi connectivity index (χ0) is 12.5. The molecule has 96 valence electrons. The molecule has 0 aromatic carbocycles. The Kier molecular flexibility index (Phi) is 4.99. The molecule has 0 radical (unpaired) electrons. The lowest BCUT2D eigenvalue weighted by Gasteiger charge is -2.42. The van der Waals surface area contributed by atoms with Gasteiger partial charge in [-0.05, 0) is 13.2 Å². The summed E-state index contributed by atoms with van der Waals surface area (Å²) in [5, 5.41) is 38.2. The lowest BCUT2D eigenvalue weighted by Crippen LogP contribution is -2.63. The van der Waals surface area contributed by atoms with Crippen LogP contribution < -0.4 is 5.73 Å². The fourth-order valence-electron chi connectivity index (χ4n) is 1.66. The van der Waals surface area contributed by atoms with Crippen molar-refractivity contribution in [2.45, 2.75) is 48.9 Å². The standard InChI is InChI=1S/C9H19NO5S/c1-3(11)4(10)8-6(13)5(12)7(14)9(15-8)16-2/h3-9,11-14H,10H2,1-2H3/t3-,4+,5+,6+,7+,8+,9-/m0/s1. The molecule has 0 unspecified atom stereocenters. The predicted molar refractivity (Wildman–Crippen MR) is 59.9 cm³/mol. The molecule has 7 heteroatoms. The number of hydrogen-bond donors (Lipinski definition) is 5. The first-order valence-corrected chi connectivity index (χ1v) is 6.35. The van der Waals surface area contributed by atoms with Crippen LogP contribution in [0.1, 0.15) is 6.92 Å². The summed E-state index contributed by atoms with van der Waals surface area (Å²) in [4.78, 5) is 0. The molecule has 1 rings (SSSR count). The molecule has 0 aromatic rings. The third-order valence-corrected chi connectivity index (χ3v) is 3.63. The van der Waals surface area contributed by atoms with Crippen molar-refractivity contribution in [1.82, 2.24) is 0 Å². The fraction of sp³-hybridized carbons (Fsp3) is 1.00. The van der Waals surface area contributed by atoms with E-state index in [4.69, 9.17) is 10.5 Å². The van der Waals surface area contributed by atoms with E-state index < -0.39 is 42.0 Å². The van der Waals surface area contributed by atoms with Gasteiger partial charge in [0.2, 0.25) is 0 Å². The summed E-state index contributed by atoms with van der Waals surface area (Å²) in [5.74, 6) is 0. The number of ether oxygens (including phenoxy) is 1. The van der Waals surface area contributed by atoms with Crippen LogP contribution in [-0.4, -0.2) is 68.7 Å². The molecule has 0 bridgehead atoms. The van der Waals surface area contributed by atoms with Crippen LogP contribution in [0.15, 0.2) is 0 Å². The first-order chi connectivity index (χ1) is 7.40. The minimum absolute atomic E-state index is 0.659. The molecular formula is C9H19NO5S. The van der Waals surface area contributed by atoms with Gasteiger partial charge in [0.25, 0.3) is 0 Å². The summed E-state index contributed by atoms with van der Waals surface area (Å²) in [6.07, 6.45) is -3.84. The normalized spacial score (nSPS) is 44.1. The van der Waals surface area contributed by atoms with E-state index in [1.165, 1.54) is 18.7 Å². The lowest BCUT2D eigenvalue weighted by molar-refractivity contribution is -0.207. The van der Waals surface area contributed by atoms with Gasteiger partial charge in [0.15, 0.2) is 0 Å². The highest BCUT2D eigenvalue weighted by Gasteiger charge is 2.46. The molecule has 0 amide bonds. The van der Waals surface area contributed by atoms with Crippen molar-refractivity contribution in [2.24, 2.45) is 5.73 Å². The first kappa shape index (κ1) is 14.2. The van der Waals surface area contributed by atoms with Gasteiger partial charge in [0.1, 0.15) is 29.9 Å². The number of rotatable bonds is 3. The number of hydrogen-bond acceptors (Lipinski definition) is 7. The van der Waals surface area contributed by atoms with Crippen LogP contribution in [0, 0.1) is 0 Å². The zero-order valence-electron chi connectivity index (χ0n) is 9.22. The number of thioether (sulfide) groups is 1. The molecule has 0 saturated carbocycles. The minimum Gasteiger partial charge on any atom is -0.392 e. The van der Waals surface area contributed by atoms with E-state index in [9.17, 15) is 20.4 Å². The highest BCUT2D eigenvalue weighted by molar-refractivity contribution is 7.99. The maximum absolute atomic E-state index is 9.71. The van der Waals surface area contributed by atoms with Gasteiger partial charge < -0.3 is 30.9 Å². The molecular weight excluding hydrogens is 234 g/mol. The van der Waals surface area contributed by atoms with Gasteiger partial charge >= 0.3 is 0 Å². The maximum atomic E-state index is 9.71. The maximum Gasteiger partial charge on any atom is 0.132 e. The van der Waals surface area contributed by atoms with E-state index in [1.54, 1.807) is 6.26 Å². The SMILES string of the molecule is CS[C@@H]1O[C@H]([C@H](N)[C@H](C)O)[C@H](O)[C@@H](O)[C@H]1O. The highest BCUT2D eigenvalue weighted by atomic mass is 32.2. The summed E-state index contributed by atoms with van der Waals surface area (Å²) in [6.45, 7) is 1.48. The van der Waals surface area contributed by atoms with Crippen molar-refractivity contribution in [2.75, 3.05) is 6.26 Å². The van der Waals surface area contributed by atoms with E-state index in [1.807, 2.05) is 0 Å². The average molecular weight is 253 g/mol. The largest absolute Gasteiger partial charge is 0.392 e. The van der Waals surface area contributed by atoms with Crippen molar-refractivity contribution >= 4 is 11.8 Å². The first-order valence-electron chi connectivity index (χ1n) is 5.06. The van der Waals surface area contributed by atoms with Crippen LogP contribution in [0.4, 0.5) is 0 Å². The van der Waals surface area contributed by atoms with Crippen LogP contribution in [0.2, 0.25) is 0 Å². The lowest BCUT2D eigenvalue weighted by atomic mass is 9.93. The third-order valence-electron chi connectivity index (χ3n) is 2.78. The molecule has 1 aliphatic heterocycles. The third kappa shape index (κ3) is 2.67. The van der Waals surface area contributed by atoms with Gasteiger partial charge in [-0.25, -0.2) is 0 Å². The van der Waals surface area contributed by atoms with E-state index >= 15 is 0 Å². The Morgan fingerprint density at radius 3 is 2.19 bits per heavy atom. The second-order valence-electron chi connectivity index (χ2n) is 3.99. The topological polar surface area (TPSA) is 116 Å².